The third-order valence-corrected chi connectivity index (χ3v) is 5.20. The second-order valence-electron chi connectivity index (χ2n) is 4.26. The van der Waals surface area contributed by atoms with Gasteiger partial charge < -0.3 is 0 Å². The third-order valence-electron chi connectivity index (χ3n) is 2.75. The molecule has 0 aliphatic rings. The maximum absolute atomic E-state index is 10.9. The topological polar surface area (TPSA) is 79.3 Å². The lowest BCUT2D eigenvalue weighted by atomic mass is 10.2. The molecule has 0 aliphatic carbocycles. The number of thiazole rings is 1. The van der Waals surface area contributed by atoms with Crippen LogP contribution in [0.5, 0.6) is 0 Å². The van der Waals surface area contributed by atoms with Crippen LogP contribution in [-0.2, 0) is 10.3 Å². The molecule has 21 heavy (non-hydrogen) atoms. The van der Waals surface area contributed by atoms with Gasteiger partial charge in [0.25, 0.3) is 0 Å². The van der Waals surface area contributed by atoms with Crippen molar-refractivity contribution >= 4 is 60.1 Å². The zero-order valence-electron chi connectivity index (χ0n) is 10.4. The van der Waals surface area contributed by atoms with E-state index in [0.29, 0.717) is 9.26 Å². The number of anilines is 1. The van der Waals surface area contributed by atoms with Crippen molar-refractivity contribution in [1.29, 1.82) is 0 Å². The predicted molar refractivity (Wildman–Crippen MR) is 92.9 cm³/mol. The Bertz CT molecular complexity index is 889. The van der Waals surface area contributed by atoms with Crippen molar-refractivity contribution in [3.8, 4) is 10.6 Å². The molecule has 8 heteroatoms. The van der Waals surface area contributed by atoms with Gasteiger partial charge >= 0.3 is 10.3 Å². The Hall–Kier alpha value is -1.23. The van der Waals surface area contributed by atoms with Crippen molar-refractivity contribution < 1.29 is 13.0 Å². The van der Waals surface area contributed by atoms with E-state index in [9.17, 15) is 8.42 Å². The van der Waals surface area contributed by atoms with Crippen LogP contribution in [0.15, 0.2) is 42.5 Å². The summed E-state index contributed by atoms with van der Waals surface area (Å²) in [6.07, 6.45) is 0. The van der Waals surface area contributed by atoms with Crippen LogP contribution >= 0.6 is 33.9 Å². The molecule has 3 rings (SSSR count). The molecule has 108 valence electrons. The van der Waals surface area contributed by atoms with Crippen LogP contribution in [0.4, 0.5) is 5.69 Å². The number of nitrogens with zero attached hydrogens (tertiary/aromatic N) is 1. The largest absolute Gasteiger partial charge is 0.357 e. The second-order valence-corrected chi connectivity index (χ2v) is 7.61. The molecule has 0 unspecified atom stereocenters. The van der Waals surface area contributed by atoms with E-state index in [2.05, 4.69) is 9.71 Å². The third kappa shape index (κ3) is 3.34. The van der Waals surface area contributed by atoms with Crippen LogP contribution in [0.3, 0.4) is 0 Å². The number of nitrogens with one attached hydrogen (secondary N) is 1. The summed E-state index contributed by atoms with van der Waals surface area (Å²) in [5.41, 5.74) is 2.18. The molecule has 0 radical (unpaired) electrons. The van der Waals surface area contributed by atoms with Crippen LogP contribution in [0.1, 0.15) is 0 Å². The minimum absolute atomic E-state index is 0.336. The van der Waals surface area contributed by atoms with Crippen molar-refractivity contribution in [1.82, 2.24) is 4.98 Å². The van der Waals surface area contributed by atoms with Gasteiger partial charge in [-0.2, -0.15) is 8.42 Å². The molecule has 0 atom stereocenters. The van der Waals surface area contributed by atoms with E-state index >= 15 is 0 Å². The maximum Gasteiger partial charge on any atom is 0.357 e. The van der Waals surface area contributed by atoms with Crippen molar-refractivity contribution in [2.45, 2.75) is 0 Å². The highest BCUT2D eigenvalue weighted by Gasteiger charge is 2.11. The highest BCUT2D eigenvalue weighted by molar-refractivity contribution is 14.1. The predicted octanol–water partition coefficient (Wildman–Crippen LogP) is 3.78. The fourth-order valence-corrected chi connectivity index (χ4v) is 4.12. The lowest BCUT2D eigenvalue weighted by Crippen LogP contribution is -2.11. The molecule has 3 aromatic rings. The molecule has 0 saturated carbocycles. The summed E-state index contributed by atoms with van der Waals surface area (Å²) in [5, 5.41) is 0.868. The van der Waals surface area contributed by atoms with Crippen molar-refractivity contribution in [2.75, 3.05) is 4.72 Å². The van der Waals surface area contributed by atoms with E-state index in [1.165, 1.54) is 0 Å². The molecule has 0 bridgehead atoms. The van der Waals surface area contributed by atoms with Crippen LogP contribution in [-0.4, -0.2) is 18.0 Å². The van der Waals surface area contributed by atoms with Gasteiger partial charge in [0.1, 0.15) is 5.01 Å². The van der Waals surface area contributed by atoms with Crippen molar-refractivity contribution in [2.24, 2.45) is 0 Å². The highest BCUT2D eigenvalue weighted by Crippen LogP contribution is 2.32. The van der Waals surface area contributed by atoms with E-state index in [0.717, 1.165) is 20.8 Å². The lowest BCUT2D eigenvalue weighted by Gasteiger charge is -2.06. The first kappa shape index (κ1) is 14.7. The number of halogens is 1. The first-order valence-electron chi connectivity index (χ1n) is 5.83. The summed E-state index contributed by atoms with van der Waals surface area (Å²) in [6.45, 7) is 0. The van der Waals surface area contributed by atoms with Crippen LogP contribution < -0.4 is 4.72 Å². The summed E-state index contributed by atoms with van der Waals surface area (Å²) in [4.78, 5) is 4.56. The summed E-state index contributed by atoms with van der Waals surface area (Å²) < 4.78 is 34.4. The zero-order valence-corrected chi connectivity index (χ0v) is 14.2. The van der Waals surface area contributed by atoms with Gasteiger partial charge in [-0.05, 0) is 52.9 Å². The Morgan fingerprint density at radius 1 is 1.19 bits per heavy atom. The van der Waals surface area contributed by atoms with Crippen LogP contribution in [0, 0.1) is 3.57 Å². The maximum atomic E-state index is 10.9. The highest BCUT2D eigenvalue weighted by atomic mass is 127. The molecule has 5 nitrogen and oxygen atoms in total. The normalized spacial score (nSPS) is 11.7. The molecule has 0 aliphatic heterocycles. The SMILES string of the molecule is O=S(=O)(O)Nc1ccc(-c2nc3ccccc3s2)cc1I. The fourth-order valence-electron chi connectivity index (χ4n) is 1.87. The van der Waals surface area contributed by atoms with Gasteiger partial charge in [-0.1, -0.05) is 12.1 Å². The van der Waals surface area contributed by atoms with E-state index < -0.39 is 10.3 Å². The zero-order chi connectivity index (χ0) is 15.0. The molecule has 0 amide bonds. The van der Waals surface area contributed by atoms with E-state index in [4.69, 9.17) is 4.55 Å². The number of para-hydroxylation sites is 1. The minimum atomic E-state index is -4.27. The van der Waals surface area contributed by atoms with Crippen LogP contribution in [0.25, 0.3) is 20.8 Å². The number of hydrogen-bond donors (Lipinski definition) is 2. The van der Waals surface area contributed by atoms with Gasteiger partial charge in [0.05, 0.1) is 15.9 Å². The average molecular weight is 432 g/mol. The average Bonchev–Trinajstić information content (AvgIpc) is 2.83. The van der Waals surface area contributed by atoms with Gasteiger partial charge in [-0.15, -0.1) is 11.3 Å². The van der Waals surface area contributed by atoms with E-state index in [1.54, 1.807) is 23.5 Å². The Balaban J connectivity index is 2.01. The van der Waals surface area contributed by atoms with Gasteiger partial charge in [0.2, 0.25) is 0 Å². The van der Waals surface area contributed by atoms with Crippen LogP contribution in [0.2, 0.25) is 0 Å². The lowest BCUT2D eigenvalue weighted by molar-refractivity contribution is 0.489. The first-order chi connectivity index (χ1) is 9.92. The number of hydrogen-bond acceptors (Lipinski definition) is 4. The monoisotopic (exact) mass is 432 g/mol. The molecule has 2 aromatic carbocycles. The molecular weight excluding hydrogens is 423 g/mol. The summed E-state index contributed by atoms with van der Waals surface area (Å²) in [7, 11) is -4.27. The Kier molecular flexibility index (Phi) is 3.86. The Morgan fingerprint density at radius 3 is 2.62 bits per heavy atom. The molecule has 0 spiro atoms. The number of rotatable bonds is 3. The number of fused-ring (bicyclic) bond motifs is 1. The minimum Gasteiger partial charge on any atom is -0.269 e. The second kappa shape index (κ2) is 5.52. The standard InChI is InChI=1S/C13H9IN2O3S2/c14-9-7-8(5-6-10(9)16-21(17,18)19)13-15-11-3-1-2-4-12(11)20-13/h1-7,16H,(H,17,18,19). The number of aromatic nitrogens is 1. The number of benzene rings is 2. The summed E-state index contributed by atoms with van der Waals surface area (Å²) in [5.74, 6) is 0. The van der Waals surface area contributed by atoms with E-state index in [-0.39, 0.29) is 0 Å². The fraction of sp³-hybridized carbons (Fsp3) is 0. The quantitative estimate of drug-likeness (QED) is 0.488. The Labute approximate surface area is 139 Å². The molecule has 1 aromatic heterocycles. The van der Waals surface area contributed by atoms with E-state index in [1.807, 2.05) is 52.9 Å². The van der Waals surface area contributed by atoms with Crippen molar-refractivity contribution in [3.63, 3.8) is 0 Å². The molecular formula is C13H9IN2O3S2. The van der Waals surface area contributed by atoms with Gasteiger partial charge in [0.15, 0.2) is 0 Å². The van der Waals surface area contributed by atoms with Gasteiger partial charge in [-0.25, -0.2) is 4.98 Å². The first-order valence-corrected chi connectivity index (χ1v) is 9.17. The summed E-state index contributed by atoms with van der Waals surface area (Å²) >= 11 is 3.59. The molecule has 0 saturated heterocycles. The van der Waals surface area contributed by atoms with Crippen molar-refractivity contribution in [3.05, 3.63) is 46.0 Å². The Morgan fingerprint density at radius 2 is 1.95 bits per heavy atom. The smallest absolute Gasteiger partial charge is 0.269 e. The summed E-state index contributed by atoms with van der Waals surface area (Å²) in [6, 6.07) is 13.1. The molecule has 0 fully saturated rings. The van der Waals surface area contributed by atoms with Gasteiger partial charge in [-0.3, -0.25) is 9.27 Å². The molecule has 2 N–H and O–H groups in total. The molecule has 1 heterocycles. The van der Waals surface area contributed by atoms with Gasteiger partial charge in [0, 0.05) is 9.13 Å².